The number of aromatic hydroxyl groups is 1. The van der Waals surface area contributed by atoms with Gasteiger partial charge in [0.15, 0.2) is 11.5 Å². The van der Waals surface area contributed by atoms with Crippen LogP contribution in [0.3, 0.4) is 0 Å². The van der Waals surface area contributed by atoms with E-state index in [2.05, 4.69) is 5.32 Å². The van der Waals surface area contributed by atoms with Crippen molar-refractivity contribution in [2.75, 3.05) is 12.4 Å². The van der Waals surface area contributed by atoms with Crippen LogP contribution in [0.4, 0.5) is 28.0 Å². The summed E-state index contributed by atoms with van der Waals surface area (Å²) in [6.45, 7) is 0.181. The van der Waals surface area contributed by atoms with Gasteiger partial charge in [0.05, 0.1) is 12.7 Å². The summed E-state index contributed by atoms with van der Waals surface area (Å²) in [5.74, 6) is -1.19. The smallest absolute Gasteiger partial charge is 0.419 e. The first-order valence-electron chi connectivity index (χ1n) is 8.49. The van der Waals surface area contributed by atoms with E-state index >= 15 is 0 Å². The minimum atomic E-state index is -4.86. The maximum absolute atomic E-state index is 13.4. The minimum Gasteiger partial charge on any atom is -0.504 e. The number of anilines is 1. The van der Waals surface area contributed by atoms with Crippen molar-refractivity contribution in [2.45, 2.75) is 31.6 Å². The Morgan fingerprint density at radius 3 is 2.57 bits per heavy atom. The van der Waals surface area contributed by atoms with Crippen LogP contribution >= 0.6 is 0 Å². The zero-order chi connectivity index (χ0) is 20.5. The second kappa shape index (κ2) is 7.57. The van der Waals surface area contributed by atoms with Gasteiger partial charge >= 0.3 is 12.2 Å². The third-order valence-electron chi connectivity index (χ3n) is 4.37. The molecule has 28 heavy (non-hydrogen) atoms. The van der Waals surface area contributed by atoms with Crippen molar-refractivity contribution in [1.82, 2.24) is 4.90 Å². The molecule has 0 bridgehead atoms. The molecule has 0 heterocycles. The number of nitrogens with zero attached hydrogens (tertiary/aromatic N) is 1. The second-order valence-electron chi connectivity index (χ2n) is 6.49. The number of benzene rings is 2. The van der Waals surface area contributed by atoms with Gasteiger partial charge in [0.2, 0.25) is 0 Å². The van der Waals surface area contributed by atoms with Gasteiger partial charge in [-0.1, -0.05) is 6.07 Å². The molecule has 2 amide bonds. The van der Waals surface area contributed by atoms with E-state index in [9.17, 15) is 27.5 Å². The van der Waals surface area contributed by atoms with Gasteiger partial charge in [-0.05, 0) is 48.7 Å². The number of alkyl halides is 3. The molecule has 150 valence electrons. The molecule has 1 saturated carbocycles. The van der Waals surface area contributed by atoms with Gasteiger partial charge in [-0.3, -0.25) is 0 Å². The van der Waals surface area contributed by atoms with Crippen molar-refractivity contribution in [1.29, 1.82) is 0 Å². The number of rotatable bonds is 5. The van der Waals surface area contributed by atoms with E-state index in [-0.39, 0.29) is 29.8 Å². The van der Waals surface area contributed by atoms with Gasteiger partial charge in [0.1, 0.15) is 5.82 Å². The lowest BCUT2D eigenvalue weighted by Crippen LogP contribution is -2.36. The first-order chi connectivity index (χ1) is 13.2. The maximum Gasteiger partial charge on any atom is 0.419 e. The fourth-order valence-electron chi connectivity index (χ4n) is 2.79. The number of nitrogens with one attached hydrogen (secondary N) is 1. The van der Waals surface area contributed by atoms with Gasteiger partial charge in [-0.2, -0.15) is 13.2 Å². The highest BCUT2D eigenvalue weighted by Crippen LogP contribution is 2.34. The van der Waals surface area contributed by atoms with Crippen molar-refractivity contribution in [2.24, 2.45) is 0 Å². The van der Waals surface area contributed by atoms with Crippen molar-refractivity contribution in [3.63, 3.8) is 0 Å². The lowest BCUT2D eigenvalue weighted by atomic mass is 10.1. The van der Waals surface area contributed by atoms with Crippen molar-refractivity contribution < 1.29 is 32.2 Å². The monoisotopic (exact) mass is 398 g/mol. The Labute approximate surface area is 158 Å². The second-order valence-corrected chi connectivity index (χ2v) is 6.49. The van der Waals surface area contributed by atoms with Crippen LogP contribution in [0.1, 0.15) is 24.0 Å². The summed E-state index contributed by atoms with van der Waals surface area (Å²) in [6.07, 6.45) is -3.30. The first kappa shape index (κ1) is 19.8. The number of carbonyl (C=O) groups excluding carboxylic acids is 1. The molecule has 5 nitrogen and oxygen atoms in total. The Morgan fingerprint density at radius 1 is 1.25 bits per heavy atom. The van der Waals surface area contributed by atoms with E-state index in [1.54, 1.807) is 12.1 Å². The van der Waals surface area contributed by atoms with Crippen LogP contribution < -0.4 is 10.1 Å². The molecule has 2 aromatic carbocycles. The highest BCUT2D eigenvalue weighted by atomic mass is 19.4. The fraction of sp³-hybridized carbons (Fsp3) is 0.316. The molecule has 2 aromatic rings. The number of urea groups is 1. The van der Waals surface area contributed by atoms with E-state index in [0.717, 1.165) is 18.9 Å². The summed E-state index contributed by atoms with van der Waals surface area (Å²) in [4.78, 5) is 14.1. The standard InChI is InChI=1S/C19H18F4N2O3/c1-28-17-8-11(2-7-16(17)26)10-25(13-4-5-13)18(27)24-12-3-6-15(20)14(9-12)19(21,22)23/h2-3,6-9,13,26H,4-5,10H2,1H3,(H,24,27). The van der Waals surface area contributed by atoms with Gasteiger partial charge in [-0.15, -0.1) is 0 Å². The summed E-state index contributed by atoms with van der Waals surface area (Å²) in [6, 6.07) is 6.34. The van der Waals surface area contributed by atoms with Crippen molar-refractivity contribution in [3.8, 4) is 11.5 Å². The van der Waals surface area contributed by atoms with E-state index in [1.807, 2.05) is 0 Å². The largest absolute Gasteiger partial charge is 0.504 e. The lowest BCUT2D eigenvalue weighted by Gasteiger charge is -2.23. The summed E-state index contributed by atoms with van der Waals surface area (Å²) in [5.41, 5.74) is -0.897. The Kier molecular flexibility index (Phi) is 5.35. The quantitative estimate of drug-likeness (QED) is 0.715. The van der Waals surface area contributed by atoms with Crippen LogP contribution in [-0.4, -0.2) is 29.2 Å². The summed E-state index contributed by atoms with van der Waals surface area (Å²) >= 11 is 0. The molecular weight excluding hydrogens is 380 g/mol. The number of hydrogen-bond acceptors (Lipinski definition) is 3. The van der Waals surface area contributed by atoms with E-state index in [1.165, 1.54) is 18.1 Å². The zero-order valence-corrected chi connectivity index (χ0v) is 14.9. The SMILES string of the molecule is COc1cc(CN(C(=O)Nc2ccc(F)c(C(F)(F)F)c2)C2CC2)ccc1O. The molecule has 1 aliphatic carbocycles. The van der Waals surface area contributed by atoms with Gasteiger partial charge < -0.3 is 20.1 Å². The number of ether oxygens (including phenoxy) is 1. The maximum atomic E-state index is 13.4. The predicted molar refractivity (Wildman–Crippen MR) is 93.6 cm³/mol. The number of hydrogen-bond donors (Lipinski definition) is 2. The van der Waals surface area contributed by atoms with Crippen LogP contribution in [0, 0.1) is 5.82 Å². The highest BCUT2D eigenvalue weighted by molar-refractivity contribution is 5.89. The van der Waals surface area contributed by atoms with Crippen LogP contribution in [0.5, 0.6) is 11.5 Å². The van der Waals surface area contributed by atoms with Crippen LogP contribution in [0.15, 0.2) is 36.4 Å². The molecular formula is C19H18F4N2O3. The average molecular weight is 398 g/mol. The molecule has 0 spiro atoms. The number of halogens is 4. The van der Waals surface area contributed by atoms with E-state index in [4.69, 9.17) is 4.74 Å². The normalized spacial score (nSPS) is 13.9. The Bertz CT molecular complexity index is 882. The van der Waals surface area contributed by atoms with Crippen LogP contribution in [-0.2, 0) is 12.7 Å². The Morgan fingerprint density at radius 2 is 1.96 bits per heavy atom. The molecule has 0 atom stereocenters. The number of amides is 2. The van der Waals surface area contributed by atoms with Gasteiger partial charge in [-0.25, -0.2) is 9.18 Å². The molecule has 0 saturated heterocycles. The van der Waals surface area contributed by atoms with Gasteiger partial charge in [0, 0.05) is 18.3 Å². The number of carbonyl (C=O) groups is 1. The number of phenolic OH excluding ortho intramolecular Hbond substituents is 1. The fourth-order valence-corrected chi connectivity index (χ4v) is 2.79. The predicted octanol–water partition coefficient (Wildman–Crippen LogP) is 4.76. The molecule has 0 unspecified atom stereocenters. The van der Waals surface area contributed by atoms with Gasteiger partial charge in [0.25, 0.3) is 0 Å². The zero-order valence-electron chi connectivity index (χ0n) is 14.9. The molecule has 3 rings (SSSR count). The van der Waals surface area contributed by atoms with Crippen LogP contribution in [0.2, 0.25) is 0 Å². The highest BCUT2D eigenvalue weighted by Gasteiger charge is 2.35. The molecule has 1 fully saturated rings. The summed E-state index contributed by atoms with van der Waals surface area (Å²) in [5, 5.41) is 12.1. The topological polar surface area (TPSA) is 61.8 Å². The summed E-state index contributed by atoms with van der Waals surface area (Å²) in [7, 11) is 1.40. The molecule has 1 aliphatic rings. The first-order valence-corrected chi connectivity index (χ1v) is 8.49. The van der Waals surface area contributed by atoms with Crippen molar-refractivity contribution in [3.05, 3.63) is 53.3 Å². The van der Waals surface area contributed by atoms with E-state index < -0.39 is 23.6 Å². The number of phenols is 1. The van der Waals surface area contributed by atoms with E-state index in [0.29, 0.717) is 17.7 Å². The lowest BCUT2D eigenvalue weighted by molar-refractivity contribution is -0.139. The molecule has 2 N–H and O–H groups in total. The molecule has 9 heteroatoms. The molecule has 0 aromatic heterocycles. The number of methoxy groups -OCH3 is 1. The molecule has 0 aliphatic heterocycles. The van der Waals surface area contributed by atoms with Crippen LogP contribution in [0.25, 0.3) is 0 Å². The summed E-state index contributed by atoms with van der Waals surface area (Å²) < 4.78 is 57.0. The Hall–Kier alpha value is -2.97. The molecule has 0 radical (unpaired) electrons. The third kappa shape index (κ3) is 4.47. The Balaban J connectivity index is 1.78. The minimum absolute atomic E-state index is 0.0395. The van der Waals surface area contributed by atoms with Crippen molar-refractivity contribution >= 4 is 11.7 Å². The average Bonchev–Trinajstić information content (AvgIpc) is 3.46. The third-order valence-corrected chi connectivity index (χ3v) is 4.37.